The normalized spacial score (nSPS) is 24.8. The molecule has 1 aliphatic carbocycles. The summed E-state index contributed by atoms with van der Waals surface area (Å²) in [6, 6.07) is 5.38. The van der Waals surface area contributed by atoms with Gasteiger partial charge in [-0.3, -0.25) is 14.6 Å². The quantitative estimate of drug-likeness (QED) is 0.901. The molecule has 5 heteroatoms. The van der Waals surface area contributed by atoms with E-state index in [2.05, 4.69) is 10.3 Å². The van der Waals surface area contributed by atoms with Crippen molar-refractivity contribution in [1.29, 1.82) is 0 Å². The number of amides is 1. The molecule has 0 saturated heterocycles. The third-order valence-corrected chi connectivity index (χ3v) is 4.17. The van der Waals surface area contributed by atoms with Gasteiger partial charge in [0.15, 0.2) is 5.78 Å². The van der Waals surface area contributed by atoms with Gasteiger partial charge in [-0.05, 0) is 24.8 Å². The summed E-state index contributed by atoms with van der Waals surface area (Å²) in [6.45, 7) is 0. The molecule has 2 aliphatic heterocycles. The minimum Gasteiger partial charge on any atom is -0.337 e. The van der Waals surface area contributed by atoms with Crippen molar-refractivity contribution in [2.45, 2.75) is 25.3 Å². The van der Waals surface area contributed by atoms with Crippen molar-refractivity contribution in [2.24, 2.45) is 10.9 Å². The van der Waals surface area contributed by atoms with E-state index in [1.807, 2.05) is 0 Å². The third-order valence-electron chi connectivity index (χ3n) is 4.17. The van der Waals surface area contributed by atoms with Gasteiger partial charge in [0, 0.05) is 17.7 Å². The molecular formula is C16H13FN2O2. The Morgan fingerprint density at radius 1 is 1.19 bits per heavy atom. The minimum absolute atomic E-state index is 0.0541. The Hall–Kier alpha value is -2.30. The van der Waals surface area contributed by atoms with E-state index in [9.17, 15) is 14.0 Å². The van der Waals surface area contributed by atoms with E-state index >= 15 is 0 Å². The first-order chi connectivity index (χ1) is 10.1. The lowest BCUT2D eigenvalue weighted by molar-refractivity contribution is -0.122. The van der Waals surface area contributed by atoms with Crippen LogP contribution in [-0.4, -0.2) is 23.4 Å². The lowest BCUT2D eigenvalue weighted by atomic mass is 9.95. The molecule has 0 bridgehead atoms. The zero-order chi connectivity index (χ0) is 14.6. The number of fused-ring (bicyclic) bond motifs is 1. The van der Waals surface area contributed by atoms with Gasteiger partial charge in [-0.2, -0.15) is 0 Å². The number of nitrogens with zero attached hydrogens (tertiary/aromatic N) is 1. The van der Waals surface area contributed by atoms with E-state index in [1.165, 1.54) is 6.07 Å². The van der Waals surface area contributed by atoms with Gasteiger partial charge in [0.05, 0.1) is 11.3 Å². The van der Waals surface area contributed by atoms with Gasteiger partial charge in [-0.15, -0.1) is 0 Å². The first-order valence-electron chi connectivity index (χ1n) is 7.05. The maximum atomic E-state index is 14.0. The second-order valence-corrected chi connectivity index (χ2v) is 5.67. The fourth-order valence-corrected chi connectivity index (χ4v) is 2.94. The molecular weight excluding hydrogens is 271 g/mol. The maximum absolute atomic E-state index is 14.0. The van der Waals surface area contributed by atoms with Crippen molar-refractivity contribution in [3.05, 3.63) is 41.3 Å². The summed E-state index contributed by atoms with van der Waals surface area (Å²) in [7, 11) is 0. The number of hydrogen-bond acceptors (Lipinski definition) is 3. The molecule has 4 rings (SSSR count). The average Bonchev–Trinajstić information content (AvgIpc) is 3.24. The average molecular weight is 284 g/mol. The van der Waals surface area contributed by atoms with Gasteiger partial charge < -0.3 is 5.32 Å². The van der Waals surface area contributed by atoms with E-state index in [0.717, 1.165) is 18.6 Å². The first-order valence-corrected chi connectivity index (χ1v) is 7.05. The highest BCUT2D eigenvalue weighted by atomic mass is 19.1. The minimum atomic E-state index is -0.713. The van der Waals surface area contributed by atoms with Crippen LogP contribution in [0.25, 0.3) is 5.57 Å². The summed E-state index contributed by atoms with van der Waals surface area (Å²) in [6.07, 6.45) is 2.38. The van der Waals surface area contributed by atoms with Crippen LogP contribution >= 0.6 is 0 Å². The van der Waals surface area contributed by atoms with Crippen LogP contribution in [0, 0.1) is 11.7 Å². The van der Waals surface area contributed by atoms with E-state index in [0.29, 0.717) is 18.0 Å². The van der Waals surface area contributed by atoms with E-state index in [1.54, 1.807) is 18.2 Å². The van der Waals surface area contributed by atoms with E-state index in [-0.39, 0.29) is 16.9 Å². The monoisotopic (exact) mass is 284 g/mol. The Kier molecular flexibility index (Phi) is 2.58. The molecule has 0 unspecified atom stereocenters. The number of ketones is 1. The lowest BCUT2D eigenvalue weighted by Gasteiger charge is -2.18. The van der Waals surface area contributed by atoms with Gasteiger partial charge in [0.25, 0.3) is 5.91 Å². The Balaban J connectivity index is 1.90. The molecule has 1 amide bonds. The molecule has 4 nitrogen and oxygen atoms in total. The van der Waals surface area contributed by atoms with Gasteiger partial charge in [0.1, 0.15) is 11.9 Å². The number of aliphatic imine (C=N–C) groups is 1. The first kappa shape index (κ1) is 12.4. The van der Waals surface area contributed by atoms with Crippen LogP contribution in [0.15, 0.2) is 35.0 Å². The Bertz CT molecular complexity index is 732. The van der Waals surface area contributed by atoms with Crippen molar-refractivity contribution in [3.8, 4) is 0 Å². The third kappa shape index (κ3) is 1.92. The van der Waals surface area contributed by atoms with Crippen molar-refractivity contribution in [1.82, 2.24) is 5.32 Å². The number of rotatable bonds is 2. The fourth-order valence-electron chi connectivity index (χ4n) is 2.94. The molecule has 0 spiro atoms. The predicted octanol–water partition coefficient (Wildman–Crippen LogP) is 1.86. The number of hydrogen-bond donors (Lipinski definition) is 1. The number of nitrogens with one attached hydrogen (secondary N) is 1. The zero-order valence-electron chi connectivity index (χ0n) is 11.2. The smallest absolute Gasteiger partial charge is 0.254 e. The summed E-state index contributed by atoms with van der Waals surface area (Å²) in [5.74, 6) is -0.590. The Labute approximate surface area is 120 Å². The highest BCUT2D eigenvalue weighted by Crippen LogP contribution is 2.38. The van der Waals surface area contributed by atoms with Gasteiger partial charge in [-0.1, -0.05) is 18.2 Å². The van der Waals surface area contributed by atoms with Crippen molar-refractivity contribution in [3.63, 3.8) is 0 Å². The van der Waals surface area contributed by atoms with Crippen molar-refractivity contribution < 1.29 is 14.0 Å². The van der Waals surface area contributed by atoms with Crippen LogP contribution in [0.4, 0.5) is 4.39 Å². The molecule has 1 fully saturated rings. The van der Waals surface area contributed by atoms with Crippen LogP contribution in [0.3, 0.4) is 0 Å². The molecule has 0 aromatic heterocycles. The van der Waals surface area contributed by atoms with Crippen molar-refractivity contribution >= 4 is 23.0 Å². The summed E-state index contributed by atoms with van der Waals surface area (Å²) in [5, 5.41) is 2.62. The maximum Gasteiger partial charge on any atom is 0.254 e. The Morgan fingerprint density at radius 2 is 1.95 bits per heavy atom. The molecule has 21 heavy (non-hydrogen) atoms. The number of carbonyl (C=O) groups is 2. The predicted molar refractivity (Wildman–Crippen MR) is 75.0 cm³/mol. The molecule has 106 valence electrons. The molecule has 3 aliphatic rings. The van der Waals surface area contributed by atoms with E-state index in [4.69, 9.17) is 0 Å². The molecule has 2 heterocycles. The van der Waals surface area contributed by atoms with Crippen LogP contribution in [0.5, 0.6) is 0 Å². The summed E-state index contributed by atoms with van der Waals surface area (Å²) >= 11 is 0. The topological polar surface area (TPSA) is 58.5 Å². The van der Waals surface area contributed by atoms with Crippen molar-refractivity contribution in [2.75, 3.05) is 0 Å². The summed E-state index contributed by atoms with van der Waals surface area (Å²) in [5.41, 5.74) is 1.64. The molecule has 1 saturated carbocycles. The molecule has 1 atom stereocenters. The van der Waals surface area contributed by atoms with Crippen LogP contribution in [0.1, 0.15) is 24.8 Å². The van der Waals surface area contributed by atoms with Gasteiger partial charge in [-0.25, -0.2) is 4.39 Å². The highest BCUT2D eigenvalue weighted by Gasteiger charge is 2.43. The van der Waals surface area contributed by atoms with E-state index < -0.39 is 17.8 Å². The van der Waals surface area contributed by atoms with Gasteiger partial charge >= 0.3 is 0 Å². The molecule has 1 N–H and O–H groups in total. The molecule has 1 aromatic rings. The zero-order valence-corrected chi connectivity index (χ0v) is 11.2. The number of benzene rings is 1. The largest absolute Gasteiger partial charge is 0.337 e. The van der Waals surface area contributed by atoms with Crippen LogP contribution in [0.2, 0.25) is 0 Å². The number of Topliss-reactive ketones (excluding diaryl/α,β-unsaturated/α-hetero) is 1. The second-order valence-electron chi connectivity index (χ2n) is 5.67. The Morgan fingerprint density at radius 3 is 2.67 bits per heavy atom. The number of halogens is 1. The molecule has 1 aromatic carbocycles. The van der Waals surface area contributed by atoms with Crippen LogP contribution < -0.4 is 5.32 Å². The fraction of sp³-hybridized carbons (Fsp3) is 0.312. The van der Waals surface area contributed by atoms with Crippen LogP contribution in [-0.2, 0) is 9.59 Å². The number of carbonyl (C=O) groups excluding carboxylic acids is 2. The molecule has 0 radical (unpaired) electrons. The highest BCUT2D eigenvalue weighted by molar-refractivity contribution is 6.27. The standard InChI is InChI=1S/C16H13FN2O2/c17-10-4-2-1-3-9(10)13-15-14(19-16(13)21)12(20)7-11(18-15)8-5-6-8/h1-4,8,14H,5-7H2,(H,19,21)/t14-/m1/s1. The summed E-state index contributed by atoms with van der Waals surface area (Å²) < 4.78 is 14.0. The SMILES string of the molecule is O=C1N[C@@H]2C(=O)CC(C3CC3)=NC2=C1c1ccccc1F. The summed E-state index contributed by atoms with van der Waals surface area (Å²) in [4.78, 5) is 28.9. The second kappa shape index (κ2) is 4.35. The van der Waals surface area contributed by atoms with Gasteiger partial charge in [0.2, 0.25) is 0 Å². The lowest BCUT2D eigenvalue weighted by Crippen LogP contribution is -2.39.